The molecule has 42 heavy (non-hydrogen) atoms. The van der Waals surface area contributed by atoms with E-state index in [1.807, 2.05) is 25.8 Å². The fourth-order valence-electron chi connectivity index (χ4n) is 5.60. The van der Waals surface area contributed by atoms with Gasteiger partial charge in [0.1, 0.15) is 11.6 Å². The van der Waals surface area contributed by atoms with Gasteiger partial charge in [-0.2, -0.15) is 13.2 Å². The Kier molecular flexibility index (Phi) is 8.36. The number of piperidine rings is 1. The maximum Gasteiger partial charge on any atom is 0.417 e. The van der Waals surface area contributed by atoms with Gasteiger partial charge in [-0.05, 0) is 70.5 Å². The first-order chi connectivity index (χ1) is 19.9. The largest absolute Gasteiger partial charge is 0.417 e. The number of hydrogen-bond acceptors (Lipinski definition) is 6. The molecule has 0 aliphatic carbocycles. The number of nitrogens with one attached hydrogen (secondary N) is 1. The molecule has 1 aromatic heterocycles. The molecule has 2 aromatic carbocycles. The molecule has 0 unspecified atom stereocenters. The number of halogens is 5. The van der Waals surface area contributed by atoms with Crippen molar-refractivity contribution in [2.75, 3.05) is 48.3 Å². The van der Waals surface area contributed by atoms with Crippen LogP contribution in [0, 0.1) is 11.6 Å². The average molecular weight is 589 g/mol. The SMILES string of the molecule is C[C@@H]1CN(c2cc(F)c(-c3cnc(N4CCCCC4)nc3)cc2NC(=O)c2ccc(F)cc2C(F)(F)F)C[C@H](C)N1C. The third-order valence-corrected chi connectivity index (χ3v) is 8.15. The molecule has 7 nitrogen and oxygen atoms in total. The summed E-state index contributed by atoms with van der Waals surface area (Å²) in [4.78, 5) is 28.3. The number of likely N-dealkylation sites (N-methyl/N-ethyl adjacent to an activating group) is 1. The van der Waals surface area contributed by atoms with Crippen LogP contribution >= 0.6 is 0 Å². The molecule has 0 radical (unpaired) electrons. The molecule has 2 aliphatic heterocycles. The van der Waals surface area contributed by atoms with Crippen molar-refractivity contribution in [3.05, 3.63) is 65.5 Å². The Balaban J connectivity index is 1.54. The summed E-state index contributed by atoms with van der Waals surface area (Å²) in [6.07, 6.45) is 1.27. The highest BCUT2D eigenvalue weighted by molar-refractivity contribution is 6.07. The van der Waals surface area contributed by atoms with Crippen molar-refractivity contribution >= 4 is 23.2 Å². The van der Waals surface area contributed by atoms with Gasteiger partial charge < -0.3 is 15.1 Å². The molecule has 1 amide bonds. The van der Waals surface area contributed by atoms with Gasteiger partial charge >= 0.3 is 6.18 Å². The van der Waals surface area contributed by atoms with Gasteiger partial charge in [0.25, 0.3) is 5.91 Å². The van der Waals surface area contributed by atoms with E-state index in [0.717, 1.165) is 44.5 Å². The maximum absolute atomic E-state index is 15.7. The number of aromatic nitrogens is 2. The fourth-order valence-corrected chi connectivity index (χ4v) is 5.60. The van der Waals surface area contributed by atoms with E-state index in [1.165, 1.54) is 24.5 Å². The third kappa shape index (κ3) is 6.18. The van der Waals surface area contributed by atoms with Crippen LogP contribution in [0.5, 0.6) is 0 Å². The lowest BCUT2D eigenvalue weighted by molar-refractivity contribution is -0.138. The van der Waals surface area contributed by atoms with Gasteiger partial charge in [-0.15, -0.1) is 0 Å². The topological polar surface area (TPSA) is 64.6 Å². The highest BCUT2D eigenvalue weighted by atomic mass is 19.4. The molecule has 3 heterocycles. The van der Waals surface area contributed by atoms with Crippen LogP contribution < -0.4 is 15.1 Å². The fraction of sp³-hybridized carbons (Fsp3) is 0.433. The summed E-state index contributed by atoms with van der Waals surface area (Å²) in [7, 11) is 1.99. The second-order valence-corrected chi connectivity index (χ2v) is 11.1. The van der Waals surface area contributed by atoms with Gasteiger partial charge in [0.15, 0.2) is 0 Å². The Morgan fingerprint density at radius 3 is 2.19 bits per heavy atom. The Labute approximate surface area is 241 Å². The molecule has 2 saturated heterocycles. The van der Waals surface area contributed by atoms with Crippen LogP contribution in [-0.2, 0) is 6.18 Å². The van der Waals surface area contributed by atoms with Crippen LogP contribution in [0.4, 0.5) is 39.3 Å². The number of benzene rings is 2. The number of carbonyl (C=O) groups excluding carboxylic acids is 1. The number of carbonyl (C=O) groups is 1. The van der Waals surface area contributed by atoms with Gasteiger partial charge in [0.2, 0.25) is 5.95 Å². The molecule has 224 valence electrons. The molecule has 1 N–H and O–H groups in total. The second kappa shape index (κ2) is 11.8. The normalized spacial score (nSPS) is 20.1. The molecule has 2 fully saturated rings. The zero-order valence-corrected chi connectivity index (χ0v) is 23.7. The number of anilines is 3. The quantitative estimate of drug-likeness (QED) is 0.358. The Bertz CT molecular complexity index is 1430. The van der Waals surface area contributed by atoms with Crippen molar-refractivity contribution in [3.8, 4) is 11.1 Å². The zero-order valence-electron chi connectivity index (χ0n) is 23.7. The molecule has 5 rings (SSSR count). The molecule has 2 atom stereocenters. The van der Waals surface area contributed by atoms with Crippen LogP contribution in [0.1, 0.15) is 49.0 Å². The number of hydrogen-bond donors (Lipinski definition) is 1. The van der Waals surface area contributed by atoms with Crippen molar-refractivity contribution in [2.24, 2.45) is 0 Å². The van der Waals surface area contributed by atoms with E-state index >= 15 is 4.39 Å². The highest BCUT2D eigenvalue weighted by Gasteiger charge is 2.36. The van der Waals surface area contributed by atoms with Gasteiger partial charge in [-0.1, -0.05) is 0 Å². The Morgan fingerprint density at radius 1 is 0.929 bits per heavy atom. The summed E-state index contributed by atoms with van der Waals surface area (Å²) in [5, 5.41) is 2.57. The standard InChI is InChI=1S/C30H33F5N6O/c1-18-16-41(17-19(2)39(18)3)27-13-25(32)23(20-14-36-29(37-15-20)40-9-5-4-6-10-40)12-26(27)38-28(42)22-8-7-21(31)11-24(22)30(33,34)35/h7-8,11-15,18-19H,4-6,9-10,16-17H2,1-3H3,(H,38,42)/t18-,19+. The highest BCUT2D eigenvalue weighted by Crippen LogP contribution is 2.37. The van der Waals surface area contributed by atoms with Crippen molar-refractivity contribution in [2.45, 2.75) is 51.4 Å². The van der Waals surface area contributed by atoms with Crippen LogP contribution in [0.2, 0.25) is 0 Å². The minimum atomic E-state index is -4.96. The van der Waals surface area contributed by atoms with Crippen LogP contribution in [0.3, 0.4) is 0 Å². The molecular formula is C30H33F5N6O. The molecule has 0 saturated carbocycles. The van der Waals surface area contributed by atoms with Gasteiger partial charge in [-0.25, -0.2) is 18.7 Å². The summed E-state index contributed by atoms with van der Waals surface area (Å²) in [5.41, 5.74) is -1.24. The number of rotatable bonds is 5. The predicted octanol–water partition coefficient (Wildman–Crippen LogP) is 6.21. The van der Waals surface area contributed by atoms with Gasteiger partial charge in [0, 0.05) is 61.8 Å². The van der Waals surface area contributed by atoms with Crippen LogP contribution in [0.15, 0.2) is 42.7 Å². The molecular weight excluding hydrogens is 555 g/mol. The molecule has 2 aliphatic rings. The Hall–Kier alpha value is -3.80. The zero-order chi connectivity index (χ0) is 30.2. The van der Waals surface area contributed by atoms with Crippen LogP contribution in [0.25, 0.3) is 11.1 Å². The van der Waals surface area contributed by atoms with E-state index in [4.69, 9.17) is 0 Å². The van der Waals surface area contributed by atoms with E-state index in [9.17, 15) is 22.4 Å². The Morgan fingerprint density at radius 2 is 1.57 bits per heavy atom. The smallest absolute Gasteiger partial charge is 0.367 e. The lowest BCUT2D eigenvalue weighted by Crippen LogP contribution is -2.55. The van der Waals surface area contributed by atoms with E-state index < -0.39 is 34.8 Å². The van der Waals surface area contributed by atoms with Gasteiger partial charge in [-0.3, -0.25) is 9.69 Å². The molecule has 12 heteroatoms. The number of amides is 1. The number of piperazine rings is 1. The first-order valence-electron chi connectivity index (χ1n) is 14.0. The van der Waals surface area contributed by atoms with E-state index in [1.54, 1.807) is 0 Å². The summed E-state index contributed by atoms with van der Waals surface area (Å²) in [5.74, 6) is -2.25. The average Bonchev–Trinajstić information content (AvgIpc) is 2.96. The van der Waals surface area contributed by atoms with Crippen LogP contribution in [-0.4, -0.2) is 66.1 Å². The number of nitrogens with zero attached hydrogens (tertiary/aromatic N) is 5. The third-order valence-electron chi connectivity index (χ3n) is 8.15. The number of alkyl halides is 3. The summed E-state index contributed by atoms with van der Waals surface area (Å²) >= 11 is 0. The monoisotopic (exact) mass is 588 g/mol. The van der Waals surface area contributed by atoms with E-state index in [-0.39, 0.29) is 29.4 Å². The lowest BCUT2D eigenvalue weighted by Gasteiger charge is -2.44. The summed E-state index contributed by atoms with van der Waals surface area (Å²) in [6, 6.07) is 4.73. The van der Waals surface area contributed by atoms with E-state index in [0.29, 0.717) is 30.3 Å². The summed E-state index contributed by atoms with van der Waals surface area (Å²) < 4.78 is 70.5. The molecule has 0 bridgehead atoms. The lowest BCUT2D eigenvalue weighted by atomic mass is 10.0. The van der Waals surface area contributed by atoms with Crippen molar-refractivity contribution in [3.63, 3.8) is 0 Å². The van der Waals surface area contributed by atoms with Crippen molar-refractivity contribution in [1.29, 1.82) is 0 Å². The van der Waals surface area contributed by atoms with Crippen molar-refractivity contribution in [1.82, 2.24) is 14.9 Å². The first kappa shape index (κ1) is 29.7. The summed E-state index contributed by atoms with van der Waals surface area (Å²) in [6.45, 7) is 6.70. The molecule has 3 aromatic rings. The van der Waals surface area contributed by atoms with E-state index in [2.05, 4.69) is 25.1 Å². The van der Waals surface area contributed by atoms with Crippen molar-refractivity contribution < 1.29 is 26.7 Å². The maximum atomic E-state index is 15.7. The molecule has 0 spiro atoms. The second-order valence-electron chi connectivity index (χ2n) is 11.1. The minimum absolute atomic E-state index is 0.0876. The first-order valence-corrected chi connectivity index (χ1v) is 14.0. The van der Waals surface area contributed by atoms with Gasteiger partial charge in [0.05, 0.1) is 22.5 Å². The predicted molar refractivity (Wildman–Crippen MR) is 152 cm³/mol. The minimum Gasteiger partial charge on any atom is -0.367 e.